The highest BCUT2D eigenvalue weighted by molar-refractivity contribution is 5.92. The summed E-state index contributed by atoms with van der Waals surface area (Å²) in [5.74, 6) is -1.05. The fraction of sp³-hybridized carbons (Fsp3) is 0.467. The van der Waals surface area contributed by atoms with Gasteiger partial charge in [0.1, 0.15) is 6.04 Å². The Balaban J connectivity index is 2.70. The van der Waals surface area contributed by atoms with Gasteiger partial charge in [-0.15, -0.1) is 0 Å². The maximum atomic E-state index is 11.9. The van der Waals surface area contributed by atoms with Gasteiger partial charge in [0, 0.05) is 25.5 Å². The van der Waals surface area contributed by atoms with Crippen molar-refractivity contribution in [1.82, 2.24) is 5.32 Å². The van der Waals surface area contributed by atoms with Crippen molar-refractivity contribution in [3.63, 3.8) is 0 Å². The lowest BCUT2D eigenvalue weighted by Crippen LogP contribution is -2.50. The second kappa shape index (κ2) is 6.47. The van der Waals surface area contributed by atoms with Gasteiger partial charge in [-0.1, -0.05) is 20.8 Å². The van der Waals surface area contributed by atoms with Gasteiger partial charge in [-0.3, -0.25) is 0 Å². The summed E-state index contributed by atoms with van der Waals surface area (Å²) in [5.41, 5.74) is 1.05. The number of nitrogens with zero attached hydrogens (tertiary/aromatic N) is 1. The van der Waals surface area contributed by atoms with Gasteiger partial charge in [0.15, 0.2) is 0 Å². The topological polar surface area (TPSA) is 81.7 Å². The number of anilines is 2. The minimum atomic E-state index is -1.05. The molecular weight excluding hydrogens is 270 g/mol. The average Bonchev–Trinajstić information content (AvgIpc) is 2.35. The highest BCUT2D eigenvalue weighted by Crippen LogP contribution is 2.20. The van der Waals surface area contributed by atoms with Crippen molar-refractivity contribution in [3.05, 3.63) is 24.3 Å². The number of hydrogen-bond donors (Lipinski definition) is 3. The molecule has 1 aromatic carbocycles. The van der Waals surface area contributed by atoms with E-state index < -0.39 is 23.5 Å². The molecule has 0 saturated carbocycles. The molecule has 0 aliphatic rings. The van der Waals surface area contributed by atoms with Crippen LogP contribution in [0.25, 0.3) is 0 Å². The first kappa shape index (κ1) is 16.8. The fourth-order valence-corrected chi connectivity index (χ4v) is 1.79. The zero-order chi connectivity index (χ0) is 16.2. The summed E-state index contributed by atoms with van der Waals surface area (Å²) in [6.07, 6.45) is 0. The lowest BCUT2D eigenvalue weighted by atomic mass is 9.87. The van der Waals surface area contributed by atoms with Crippen LogP contribution in [-0.4, -0.2) is 37.2 Å². The number of carboxylic acid groups (broad SMARTS) is 1. The quantitative estimate of drug-likeness (QED) is 0.796. The maximum absolute atomic E-state index is 11.9. The molecule has 21 heavy (non-hydrogen) atoms. The maximum Gasteiger partial charge on any atom is 0.326 e. The summed E-state index contributed by atoms with van der Waals surface area (Å²) >= 11 is 0. The zero-order valence-corrected chi connectivity index (χ0v) is 13.1. The number of carbonyl (C=O) groups is 2. The molecule has 0 fully saturated rings. The summed E-state index contributed by atoms with van der Waals surface area (Å²) in [5, 5.41) is 14.3. The van der Waals surface area contributed by atoms with Crippen molar-refractivity contribution in [2.45, 2.75) is 26.8 Å². The van der Waals surface area contributed by atoms with E-state index in [1.165, 1.54) is 0 Å². The second-order valence-corrected chi connectivity index (χ2v) is 6.18. The molecule has 0 spiro atoms. The second-order valence-electron chi connectivity index (χ2n) is 6.18. The SMILES string of the molecule is CN(C)c1ccc(NC(=O)N[C@@H](C(=O)O)C(C)(C)C)cc1. The summed E-state index contributed by atoms with van der Waals surface area (Å²) in [6, 6.07) is 5.78. The number of carboxylic acids is 1. The lowest BCUT2D eigenvalue weighted by molar-refractivity contribution is -0.141. The van der Waals surface area contributed by atoms with Crippen molar-refractivity contribution in [3.8, 4) is 0 Å². The fourth-order valence-electron chi connectivity index (χ4n) is 1.79. The summed E-state index contributed by atoms with van der Waals surface area (Å²) in [4.78, 5) is 25.1. The smallest absolute Gasteiger partial charge is 0.326 e. The number of benzene rings is 1. The van der Waals surface area contributed by atoms with Crippen LogP contribution in [-0.2, 0) is 4.79 Å². The minimum Gasteiger partial charge on any atom is -0.480 e. The molecule has 3 N–H and O–H groups in total. The summed E-state index contributed by atoms with van der Waals surface area (Å²) in [7, 11) is 3.85. The third-order valence-electron chi connectivity index (χ3n) is 3.03. The Morgan fingerprint density at radius 2 is 1.67 bits per heavy atom. The first-order chi connectivity index (χ1) is 9.61. The standard InChI is InChI=1S/C15H23N3O3/c1-15(2,3)12(13(19)20)17-14(21)16-10-6-8-11(9-7-10)18(4)5/h6-9,12H,1-5H3,(H,19,20)(H2,16,17,21)/t12-/m0/s1. The molecular formula is C15H23N3O3. The van der Waals surface area contributed by atoms with Gasteiger partial charge >= 0.3 is 12.0 Å². The van der Waals surface area contributed by atoms with E-state index in [1.807, 2.05) is 31.1 Å². The highest BCUT2D eigenvalue weighted by Gasteiger charge is 2.32. The predicted molar refractivity (Wildman–Crippen MR) is 83.8 cm³/mol. The van der Waals surface area contributed by atoms with Crippen molar-refractivity contribution in [2.75, 3.05) is 24.3 Å². The molecule has 0 bridgehead atoms. The first-order valence-corrected chi connectivity index (χ1v) is 6.69. The third kappa shape index (κ3) is 4.98. The van der Waals surface area contributed by atoms with Crippen LogP contribution in [0.2, 0.25) is 0 Å². The molecule has 116 valence electrons. The zero-order valence-electron chi connectivity index (χ0n) is 13.1. The van der Waals surface area contributed by atoms with E-state index >= 15 is 0 Å². The number of aliphatic carboxylic acids is 1. The number of carbonyl (C=O) groups excluding carboxylic acids is 1. The van der Waals surface area contributed by atoms with E-state index in [0.29, 0.717) is 5.69 Å². The Morgan fingerprint density at radius 3 is 2.05 bits per heavy atom. The molecule has 0 aliphatic carbocycles. The number of rotatable bonds is 4. The van der Waals surface area contributed by atoms with Crippen molar-refractivity contribution >= 4 is 23.4 Å². The van der Waals surface area contributed by atoms with Crippen LogP contribution in [0.4, 0.5) is 16.2 Å². The first-order valence-electron chi connectivity index (χ1n) is 6.69. The molecule has 0 heterocycles. The van der Waals surface area contributed by atoms with Gasteiger partial charge in [-0.2, -0.15) is 0 Å². The molecule has 6 heteroatoms. The van der Waals surface area contributed by atoms with Gasteiger partial charge in [-0.25, -0.2) is 9.59 Å². The molecule has 1 aromatic rings. The largest absolute Gasteiger partial charge is 0.480 e. The van der Waals surface area contributed by atoms with Crippen molar-refractivity contribution in [2.24, 2.45) is 5.41 Å². The average molecular weight is 293 g/mol. The van der Waals surface area contributed by atoms with E-state index in [-0.39, 0.29) is 0 Å². The normalized spacial score (nSPS) is 12.4. The molecule has 0 aromatic heterocycles. The Morgan fingerprint density at radius 1 is 1.14 bits per heavy atom. The molecule has 0 aliphatic heterocycles. The van der Waals surface area contributed by atoms with Crippen LogP contribution in [0, 0.1) is 5.41 Å². The molecule has 6 nitrogen and oxygen atoms in total. The Hall–Kier alpha value is -2.24. The van der Waals surface area contributed by atoms with Crippen LogP contribution in [0.3, 0.4) is 0 Å². The van der Waals surface area contributed by atoms with E-state index in [0.717, 1.165) is 5.69 Å². The Labute approximate surface area is 125 Å². The van der Waals surface area contributed by atoms with Crippen molar-refractivity contribution < 1.29 is 14.7 Å². The number of nitrogens with one attached hydrogen (secondary N) is 2. The minimum absolute atomic E-state index is 0.532. The molecule has 0 saturated heterocycles. The molecule has 2 amide bonds. The third-order valence-corrected chi connectivity index (χ3v) is 3.03. The van der Waals surface area contributed by atoms with Gasteiger partial charge < -0.3 is 20.6 Å². The van der Waals surface area contributed by atoms with E-state index in [1.54, 1.807) is 32.9 Å². The van der Waals surface area contributed by atoms with Crippen molar-refractivity contribution in [1.29, 1.82) is 0 Å². The van der Waals surface area contributed by atoms with Crippen LogP contribution < -0.4 is 15.5 Å². The van der Waals surface area contributed by atoms with Crippen LogP contribution in [0.1, 0.15) is 20.8 Å². The molecule has 1 atom stereocenters. The predicted octanol–water partition coefficient (Wildman–Crippen LogP) is 2.37. The van der Waals surface area contributed by atoms with Crippen LogP contribution in [0.5, 0.6) is 0 Å². The monoisotopic (exact) mass is 293 g/mol. The number of hydrogen-bond acceptors (Lipinski definition) is 3. The van der Waals surface area contributed by atoms with E-state index in [9.17, 15) is 14.7 Å². The van der Waals surface area contributed by atoms with Gasteiger partial charge in [-0.05, 0) is 29.7 Å². The van der Waals surface area contributed by atoms with Crippen LogP contribution >= 0.6 is 0 Å². The number of amides is 2. The Bertz CT molecular complexity index is 504. The molecule has 0 unspecified atom stereocenters. The van der Waals surface area contributed by atoms with E-state index in [2.05, 4.69) is 10.6 Å². The van der Waals surface area contributed by atoms with Crippen LogP contribution in [0.15, 0.2) is 24.3 Å². The van der Waals surface area contributed by atoms with Gasteiger partial charge in [0.2, 0.25) is 0 Å². The van der Waals surface area contributed by atoms with Gasteiger partial charge in [0.25, 0.3) is 0 Å². The highest BCUT2D eigenvalue weighted by atomic mass is 16.4. The Kier molecular flexibility index (Phi) is 5.18. The lowest BCUT2D eigenvalue weighted by Gasteiger charge is -2.27. The molecule has 0 radical (unpaired) electrons. The molecule has 1 rings (SSSR count). The van der Waals surface area contributed by atoms with Gasteiger partial charge in [0.05, 0.1) is 0 Å². The summed E-state index contributed by atoms with van der Waals surface area (Å²) in [6.45, 7) is 5.29. The summed E-state index contributed by atoms with van der Waals surface area (Å²) < 4.78 is 0. The number of urea groups is 1. The van der Waals surface area contributed by atoms with E-state index in [4.69, 9.17) is 0 Å².